The number of hydrogen-bond donors (Lipinski definition) is 0. The summed E-state index contributed by atoms with van der Waals surface area (Å²) < 4.78 is 1.21. The van der Waals surface area contributed by atoms with Crippen molar-refractivity contribution in [3.8, 4) is 0 Å². The van der Waals surface area contributed by atoms with Crippen molar-refractivity contribution in [3.05, 3.63) is 57.6 Å². The molecular formula is C13H13Br. The molecule has 1 heteroatoms. The Bertz CT molecular complexity index is 401. The standard InChI is InChI=1S/C13H13Br/c1-9-7-12(11-5-3-4-6-11)13(14)8-10(9)2/h3-8,11H,1-2H3. The highest BCUT2D eigenvalue weighted by Gasteiger charge is 2.11. The minimum Gasteiger partial charge on any atom is -0.0732 e. The summed E-state index contributed by atoms with van der Waals surface area (Å²) in [6, 6.07) is 4.47. The molecule has 2 rings (SSSR count). The van der Waals surface area contributed by atoms with E-state index in [0.717, 1.165) is 0 Å². The molecular weight excluding hydrogens is 236 g/mol. The number of allylic oxidation sites excluding steroid dienone is 4. The first-order valence-electron chi connectivity index (χ1n) is 4.80. The summed E-state index contributed by atoms with van der Waals surface area (Å²) in [4.78, 5) is 0. The molecule has 0 nitrogen and oxygen atoms in total. The van der Waals surface area contributed by atoms with Crippen molar-refractivity contribution in [1.29, 1.82) is 0 Å². The van der Waals surface area contributed by atoms with Crippen LogP contribution in [0.1, 0.15) is 22.6 Å². The highest BCUT2D eigenvalue weighted by Crippen LogP contribution is 2.31. The van der Waals surface area contributed by atoms with Gasteiger partial charge in [-0.25, -0.2) is 0 Å². The molecule has 14 heavy (non-hydrogen) atoms. The van der Waals surface area contributed by atoms with Gasteiger partial charge < -0.3 is 0 Å². The van der Waals surface area contributed by atoms with Crippen LogP contribution in [0.25, 0.3) is 0 Å². The normalized spacial score (nSPS) is 15.4. The lowest BCUT2D eigenvalue weighted by Gasteiger charge is -2.11. The summed E-state index contributed by atoms with van der Waals surface area (Å²) in [6.07, 6.45) is 8.64. The fourth-order valence-electron chi connectivity index (χ4n) is 1.70. The van der Waals surface area contributed by atoms with Gasteiger partial charge in [0.25, 0.3) is 0 Å². The summed E-state index contributed by atoms with van der Waals surface area (Å²) in [5, 5.41) is 0. The van der Waals surface area contributed by atoms with E-state index in [0.29, 0.717) is 5.92 Å². The predicted octanol–water partition coefficient (Wildman–Crippen LogP) is 4.28. The summed E-state index contributed by atoms with van der Waals surface area (Å²) in [7, 11) is 0. The van der Waals surface area contributed by atoms with Crippen LogP contribution < -0.4 is 0 Å². The minimum atomic E-state index is 0.448. The summed E-state index contributed by atoms with van der Waals surface area (Å²) >= 11 is 3.62. The van der Waals surface area contributed by atoms with Crippen LogP contribution in [0.2, 0.25) is 0 Å². The fourth-order valence-corrected chi connectivity index (χ4v) is 2.42. The second kappa shape index (κ2) is 3.74. The van der Waals surface area contributed by atoms with Gasteiger partial charge in [-0.05, 0) is 36.6 Å². The smallest absolute Gasteiger partial charge is 0.0219 e. The van der Waals surface area contributed by atoms with Gasteiger partial charge in [0.05, 0.1) is 0 Å². The quantitative estimate of drug-likeness (QED) is 0.697. The van der Waals surface area contributed by atoms with Crippen LogP contribution in [0.15, 0.2) is 40.9 Å². The maximum atomic E-state index is 3.62. The van der Waals surface area contributed by atoms with E-state index in [1.165, 1.54) is 21.2 Å². The Hall–Kier alpha value is -0.820. The summed E-state index contributed by atoms with van der Waals surface area (Å²) in [5.41, 5.74) is 4.06. The molecule has 0 radical (unpaired) electrons. The topological polar surface area (TPSA) is 0 Å². The molecule has 0 heterocycles. The molecule has 0 N–H and O–H groups in total. The van der Waals surface area contributed by atoms with Crippen LogP contribution in [0.4, 0.5) is 0 Å². The lowest BCUT2D eigenvalue weighted by atomic mass is 9.97. The first-order valence-corrected chi connectivity index (χ1v) is 5.59. The van der Waals surface area contributed by atoms with Crippen molar-refractivity contribution in [2.45, 2.75) is 19.8 Å². The Labute approximate surface area is 93.5 Å². The van der Waals surface area contributed by atoms with Crippen LogP contribution >= 0.6 is 15.9 Å². The molecule has 72 valence electrons. The molecule has 0 amide bonds. The maximum absolute atomic E-state index is 3.62. The van der Waals surface area contributed by atoms with Crippen LogP contribution in [0.3, 0.4) is 0 Å². The Morgan fingerprint density at radius 3 is 2.21 bits per heavy atom. The molecule has 0 aliphatic heterocycles. The van der Waals surface area contributed by atoms with E-state index >= 15 is 0 Å². The van der Waals surface area contributed by atoms with Gasteiger partial charge in [0.15, 0.2) is 0 Å². The Kier molecular flexibility index (Phi) is 2.60. The average molecular weight is 249 g/mol. The Morgan fingerprint density at radius 1 is 1.00 bits per heavy atom. The van der Waals surface area contributed by atoms with E-state index in [1.54, 1.807) is 0 Å². The second-order valence-corrected chi connectivity index (χ2v) is 4.61. The number of rotatable bonds is 1. The molecule has 0 saturated carbocycles. The molecule has 0 bridgehead atoms. The third kappa shape index (κ3) is 1.69. The molecule has 0 unspecified atom stereocenters. The number of halogens is 1. The molecule has 1 aliphatic rings. The SMILES string of the molecule is Cc1cc(Br)c(C2C=CC=C2)cc1C. The molecule has 0 aromatic heterocycles. The number of benzene rings is 1. The zero-order valence-corrected chi connectivity index (χ0v) is 10.0. The van der Waals surface area contributed by atoms with Gasteiger partial charge in [-0.2, -0.15) is 0 Å². The van der Waals surface area contributed by atoms with E-state index < -0.39 is 0 Å². The summed E-state index contributed by atoms with van der Waals surface area (Å²) in [5.74, 6) is 0.448. The number of aryl methyl sites for hydroxylation is 2. The number of hydrogen-bond acceptors (Lipinski definition) is 0. The van der Waals surface area contributed by atoms with Gasteiger partial charge in [0, 0.05) is 10.4 Å². The van der Waals surface area contributed by atoms with E-state index in [2.05, 4.69) is 66.2 Å². The Balaban J connectivity index is 2.48. The van der Waals surface area contributed by atoms with Crippen molar-refractivity contribution in [3.63, 3.8) is 0 Å². The fraction of sp³-hybridized carbons (Fsp3) is 0.231. The molecule has 1 aromatic carbocycles. The molecule has 0 fully saturated rings. The van der Waals surface area contributed by atoms with Crippen LogP contribution in [0.5, 0.6) is 0 Å². The van der Waals surface area contributed by atoms with Crippen molar-refractivity contribution in [2.24, 2.45) is 0 Å². The molecule has 1 aliphatic carbocycles. The second-order valence-electron chi connectivity index (χ2n) is 3.75. The van der Waals surface area contributed by atoms with Crippen molar-refractivity contribution in [2.75, 3.05) is 0 Å². The zero-order chi connectivity index (χ0) is 10.1. The first kappa shape index (κ1) is 9.72. The van der Waals surface area contributed by atoms with Crippen molar-refractivity contribution < 1.29 is 0 Å². The Morgan fingerprint density at radius 2 is 1.57 bits per heavy atom. The first-order chi connectivity index (χ1) is 6.68. The largest absolute Gasteiger partial charge is 0.0732 e. The molecule has 0 saturated heterocycles. The van der Waals surface area contributed by atoms with Gasteiger partial charge in [0.1, 0.15) is 0 Å². The highest BCUT2D eigenvalue weighted by molar-refractivity contribution is 9.10. The van der Waals surface area contributed by atoms with Gasteiger partial charge >= 0.3 is 0 Å². The lowest BCUT2D eigenvalue weighted by Crippen LogP contribution is -1.93. The maximum Gasteiger partial charge on any atom is 0.0219 e. The van der Waals surface area contributed by atoms with E-state index in [-0.39, 0.29) is 0 Å². The third-order valence-corrected chi connectivity index (χ3v) is 3.41. The monoisotopic (exact) mass is 248 g/mol. The van der Waals surface area contributed by atoms with Crippen molar-refractivity contribution in [1.82, 2.24) is 0 Å². The van der Waals surface area contributed by atoms with Gasteiger partial charge in [0.2, 0.25) is 0 Å². The summed E-state index contributed by atoms with van der Waals surface area (Å²) in [6.45, 7) is 4.30. The zero-order valence-electron chi connectivity index (χ0n) is 8.42. The highest BCUT2D eigenvalue weighted by atomic mass is 79.9. The van der Waals surface area contributed by atoms with Crippen LogP contribution in [0, 0.1) is 13.8 Å². The van der Waals surface area contributed by atoms with Crippen LogP contribution in [-0.2, 0) is 0 Å². The molecule has 0 spiro atoms. The van der Waals surface area contributed by atoms with Crippen LogP contribution in [-0.4, -0.2) is 0 Å². The molecule has 1 aromatic rings. The molecule has 0 atom stereocenters. The van der Waals surface area contributed by atoms with E-state index in [1.807, 2.05) is 0 Å². The van der Waals surface area contributed by atoms with E-state index in [9.17, 15) is 0 Å². The third-order valence-electron chi connectivity index (χ3n) is 2.72. The van der Waals surface area contributed by atoms with Crippen molar-refractivity contribution >= 4 is 15.9 Å². The van der Waals surface area contributed by atoms with Gasteiger partial charge in [-0.15, -0.1) is 0 Å². The predicted molar refractivity (Wildman–Crippen MR) is 64.6 cm³/mol. The van der Waals surface area contributed by atoms with Gasteiger partial charge in [-0.1, -0.05) is 46.3 Å². The minimum absolute atomic E-state index is 0.448. The van der Waals surface area contributed by atoms with E-state index in [4.69, 9.17) is 0 Å². The average Bonchev–Trinajstić information content (AvgIpc) is 2.64. The lowest BCUT2D eigenvalue weighted by molar-refractivity contribution is 1.08. The van der Waals surface area contributed by atoms with Gasteiger partial charge in [-0.3, -0.25) is 0 Å².